The molecule has 146 valence electrons. The highest BCUT2D eigenvalue weighted by molar-refractivity contribution is 6.32. The molecule has 1 N–H and O–H groups in total. The number of benzene rings is 2. The van der Waals surface area contributed by atoms with Crippen LogP contribution >= 0.6 is 11.6 Å². The number of hydrogen-bond donors (Lipinski definition) is 1. The van der Waals surface area contributed by atoms with Crippen LogP contribution in [-0.2, 0) is 11.2 Å². The highest BCUT2D eigenvalue weighted by atomic mass is 35.5. The maximum Gasteiger partial charge on any atom is 0.287 e. The van der Waals surface area contributed by atoms with Crippen LogP contribution in [0.15, 0.2) is 54.2 Å². The van der Waals surface area contributed by atoms with Gasteiger partial charge >= 0.3 is 0 Å². The highest BCUT2D eigenvalue weighted by Gasteiger charge is 2.11. The molecule has 0 radical (unpaired) electrons. The van der Waals surface area contributed by atoms with Gasteiger partial charge in [0, 0.05) is 6.07 Å². The predicted molar refractivity (Wildman–Crippen MR) is 106 cm³/mol. The molecule has 0 aliphatic heterocycles. The van der Waals surface area contributed by atoms with E-state index < -0.39 is 10.8 Å². The fraction of sp³-hybridized carbons (Fsp3) is 0.158. The molecule has 0 saturated heterocycles. The molecule has 8 nitrogen and oxygen atoms in total. The number of halogens is 1. The Kier molecular flexibility index (Phi) is 7.53. The first kappa shape index (κ1) is 20.9. The number of nitrogens with zero attached hydrogens (tertiary/aromatic N) is 2. The summed E-state index contributed by atoms with van der Waals surface area (Å²) in [6.07, 6.45) is 3.79. The van der Waals surface area contributed by atoms with E-state index in [1.54, 1.807) is 12.1 Å². The van der Waals surface area contributed by atoms with Crippen molar-refractivity contribution in [2.75, 3.05) is 13.7 Å². The Hall–Kier alpha value is -3.39. The van der Waals surface area contributed by atoms with Crippen molar-refractivity contribution < 1.29 is 19.2 Å². The molecule has 0 spiro atoms. The topological polar surface area (TPSA) is 103 Å². The van der Waals surface area contributed by atoms with Gasteiger partial charge in [-0.1, -0.05) is 23.7 Å². The average molecular weight is 404 g/mol. The standard InChI is InChI=1S/C19H18ClN3O5/c1-3-4-13-6-8-17(18(10-13)27-2)28-12-19(24)22-21-11-14-5-7-16(23(25)26)15(20)9-14/h3,5-11H,1,4,12H2,2H3,(H,22,24). The zero-order valence-corrected chi connectivity index (χ0v) is 15.8. The summed E-state index contributed by atoms with van der Waals surface area (Å²) in [6, 6.07) is 9.48. The quantitative estimate of drug-likeness (QED) is 0.298. The van der Waals surface area contributed by atoms with Crippen molar-refractivity contribution in [1.82, 2.24) is 5.43 Å². The van der Waals surface area contributed by atoms with Crippen LogP contribution in [0, 0.1) is 10.1 Å². The van der Waals surface area contributed by atoms with Gasteiger partial charge in [-0.25, -0.2) is 5.43 Å². The molecule has 1 amide bonds. The van der Waals surface area contributed by atoms with Crippen molar-refractivity contribution in [2.45, 2.75) is 6.42 Å². The summed E-state index contributed by atoms with van der Waals surface area (Å²) >= 11 is 5.81. The molecule has 0 aliphatic rings. The number of hydrazone groups is 1. The van der Waals surface area contributed by atoms with Crippen LogP contribution in [0.5, 0.6) is 11.5 Å². The minimum absolute atomic E-state index is 0.0180. The van der Waals surface area contributed by atoms with Gasteiger partial charge in [0.15, 0.2) is 18.1 Å². The first-order valence-corrected chi connectivity index (χ1v) is 8.49. The van der Waals surface area contributed by atoms with Crippen molar-refractivity contribution in [3.63, 3.8) is 0 Å². The third-order valence-corrected chi connectivity index (χ3v) is 3.84. The Labute approximate surface area is 166 Å². The summed E-state index contributed by atoms with van der Waals surface area (Å²) in [7, 11) is 1.51. The molecule has 0 aromatic heterocycles. The van der Waals surface area contributed by atoms with E-state index in [1.165, 1.54) is 31.5 Å². The smallest absolute Gasteiger partial charge is 0.287 e. The lowest BCUT2D eigenvalue weighted by atomic mass is 10.1. The van der Waals surface area contributed by atoms with Gasteiger partial charge in [0.2, 0.25) is 0 Å². The molecule has 0 saturated carbocycles. The third-order valence-electron chi connectivity index (χ3n) is 3.54. The summed E-state index contributed by atoms with van der Waals surface area (Å²) in [4.78, 5) is 22.0. The molecule has 0 atom stereocenters. The van der Waals surface area contributed by atoms with E-state index in [9.17, 15) is 14.9 Å². The summed E-state index contributed by atoms with van der Waals surface area (Å²) in [5.41, 5.74) is 3.60. The Morgan fingerprint density at radius 3 is 2.75 bits per heavy atom. The molecule has 0 heterocycles. The summed E-state index contributed by atoms with van der Waals surface area (Å²) in [5.74, 6) is 0.453. The van der Waals surface area contributed by atoms with Crippen molar-refractivity contribution in [2.24, 2.45) is 5.10 Å². The van der Waals surface area contributed by atoms with E-state index in [0.717, 1.165) is 5.56 Å². The second kappa shape index (κ2) is 10.1. The molecule has 0 bridgehead atoms. The molecular weight excluding hydrogens is 386 g/mol. The molecule has 28 heavy (non-hydrogen) atoms. The van der Waals surface area contributed by atoms with E-state index in [0.29, 0.717) is 23.5 Å². The van der Waals surface area contributed by atoms with Crippen molar-refractivity contribution in [1.29, 1.82) is 0 Å². The van der Waals surface area contributed by atoms with Crippen LogP contribution < -0.4 is 14.9 Å². The second-order valence-electron chi connectivity index (χ2n) is 5.53. The van der Waals surface area contributed by atoms with Crippen LogP contribution in [0.2, 0.25) is 5.02 Å². The van der Waals surface area contributed by atoms with E-state index in [4.69, 9.17) is 21.1 Å². The first-order valence-electron chi connectivity index (χ1n) is 8.11. The minimum Gasteiger partial charge on any atom is -0.493 e. The van der Waals surface area contributed by atoms with Crippen LogP contribution in [0.3, 0.4) is 0 Å². The predicted octanol–water partition coefficient (Wildman–Crippen LogP) is 3.51. The number of allylic oxidation sites excluding steroid dienone is 1. The lowest BCUT2D eigenvalue weighted by Gasteiger charge is -2.11. The van der Waals surface area contributed by atoms with Crippen molar-refractivity contribution in [3.05, 3.63) is 75.3 Å². The SMILES string of the molecule is C=CCc1ccc(OCC(=O)NN=Cc2ccc([N+](=O)[O-])c(Cl)c2)c(OC)c1. The number of nitro benzene ring substituents is 1. The van der Waals surface area contributed by atoms with Gasteiger partial charge in [0.05, 0.1) is 18.2 Å². The van der Waals surface area contributed by atoms with Gasteiger partial charge in [-0.15, -0.1) is 6.58 Å². The van der Waals surface area contributed by atoms with E-state index in [2.05, 4.69) is 17.1 Å². The molecule has 9 heteroatoms. The Morgan fingerprint density at radius 2 is 2.11 bits per heavy atom. The van der Waals surface area contributed by atoms with Crippen LogP contribution in [0.4, 0.5) is 5.69 Å². The number of nitrogens with one attached hydrogen (secondary N) is 1. The fourth-order valence-electron chi connectivity index (χ4n) is 2.23. The fourth-order valence-corrected chi connectivity index (χ4v) is 2.49. The number of hydrogen-bond acceptors (Lipinski definition) is 6. The average Bonchev–Trinajstić information content (AvgIpc) is 2.67. The summed E-state index contributed by atoms with van der Waals surface area (Å²) in [5, 5.41) is 14.5. The Bertz CT molecular complexity index is 914. The molecule has 2 rings (SSSR count). The zero-order chi connectivity index (χ0) is 20.5. The number of rotatable bonds is 9. The molecule has 2 aromatic rings. The monoisotopic (exact) mass is 403 g/mol. The van der Waals surface area contributed by atoms with E-state index >= 15 is 0 Å². The van der Waals surface area contributed by atoms with E-state index in [1.807, 2.05) is 12.1 Å². The number of carbonyl (C=O) groups is 1. The van der Waals surface area contributed by atoms with Gasteiger partial charge in [-0.05, 0) is 41.8 Å². The summed E-state index contributed by atoms with van der Waals surface area (Å²) < 4.78 is 10.7. The van der Waals surface area contributed by atoms with Gasteiger partial charge in [0.1, 0.15) is 5.02 Å². The van der Waals surface area contributed by atoms with Crippen LogP contribution in [-0.4, -0.2) is 30.8 Å². The van der Waals surface area contributed by atoms with Crippen molar-refractivity contribution >= 4 is 29.4 Å². The first-order chi connectivity index (χ1) is 13.4. The molecule has 0 fully saturated rings. The third kappa shape index (κ3) is 5.82. The Morgan fingerprint density at radius 1 is 1.32 bits per heavy atom. The molecule has 0 aliphatic carbocycles. The van der Waals surface area contributed by atoms with E-state index in [-0.39, 0.29) is 17.3 Å². The Balaban J connectivity index is 1.91. The largest absolute Gasteiger partial charge is 0.493 e. The highest BCUT2D eigenvalue weighted by Crippen LogP contribution is 2.28. The van der Waals surface area contributed by atoms with Crippen LogP contribution in [0.25, 0.3) is 0 Å². The van der Waals surface area contributed by atoms with Gasteiger partial charge in [-0.3, -0.25) is 14.9 Å². The van der Waals surface area contributed by atoms with Gasteiger partial charge in [0.25, 0.3) is 11.6 Å². The maximum atomic E-state index is 11.9. The van der Waals surface area contributed by atoms with Crippen molar-refractivity contribution in [3.8, 4) is 11.5 Å². The van der Waals surface area contributed by atoms with Gasteiger partial charge < -0.3 is 9.47 Å². The number of amides is 1. The lowest BCUT2D eigenvalue weighted by molar-refractivity contribution is -0.384. The number of methoxy groups -OCH3 is 1. The molecular formula is C19H18ClN3O5. The molecule has 0 unspecified atom stereocenters. The second-order valence-corrected chi connectivity index (χ2v) is 5.94. The maximum absolute atomic E-state index is 11.9. The number of nitro groups is 1. The molecule has 2 aromatic carbocycles. The lowest BCUT2D eigenvalue weighted by Crippen LogP contribution is -2.24. The van der Waals surface area contributed by atoms with Gasteiger partial charge in [-0.2, -0.15) is 5.10 Å². The summed E-state index contributed by atoms with van der Waals surface area (Å²) in [6.45, 7) is 3.42. The minimum atomic E-state index is -0.583. The zero-order valence-electron chi connectivity index (χ0n) is 15.1. The number of ether oxygens (including phenoxy) is 2. The number of carbonyl (C=O) groups excluding carboxylic acids is 1. The normalized spacial score (nSPS) is 10.5. The van der Waals surface area contributed by atoms with Crippen LogP contribution in [0.1, 0.15) is 11.1 Å².